The van der Waals surface area contributed by atoms with Crippen molar-refractivity contribution in [1.82, 2.24) is 4.98 Å². The van der Waals surface area contributed by atoms with Crippen LogP contribution in [0.3, 0.4) is 0 Å². The van der Waals surface area contributed by atoms with Crippen molar-refractivity contribution < 1.29 is 23.4 Å². The molecule has 109 valence electrons. The molecule has 0 unspecified atom stereocenters. The molecular formula is C14H10ClFNO4. The zero-order valence-corrected chi connectivity index (χ0v) is 11.7. The SMILES string of the molecule is COC(=O)COc1ncccc1Oc1c[c]c(F)cc1Cl. The molecule has 0 atom stereocenters. The number of aromatic nitrogens is 1. The number of hydrogen-bond acceptors (Lipinski definition) is 5. The van der Waals surface area contributed by atoms with Crippen LogP contribution in [0.4, 0.5) is 4.39 Å². The first kappa shape index (κ1) is 15.1. The summed E-state index contributed by atoms with van der Waals surface area (Å²) in [5, 5.41) is 0.0778. The van der Waals surface area contributed by atoms with Gasteiger partial charge in [0.05, 0.1) is 12.1 Å². The topological polar surface area (TPSA) is 57.7 Å². The number of halogens is 2. The van der Waals surface area contributed by atoms with Crippen molar-refractivity contribution in [3.05, 3.63) is 47.4 Å². The molecule has 2 aromatic rings. The van der Waals surface area contributed by atoms with Gasteiger partial charge in [0.2, 0.25) is 0 Å². The van der Waals surface area contributed by atoms with Crippen LogP contribution in [0.2, 0.25) is 5.02 Å². The van der Waals surface area contributed by atoms with Crippen LogP contribution >= 0.6 is 11.6 Å². The van der Waals surface area contributed by atoms with Crippen molar-refractivity contribution in [1.29, 1.82) is 0 Å². The zero-order chi connectivity index (χ0) is 15.2. The lowest BCUT2D eigenvalue weighted by atomic mass is 10.3. The van der Waals surface area contributed by atoms with Crippen LogP contribution in [-0.2, 0) is 9.53 Å². The number of esters is 1. The first-order valence-corrected chi connectivity index (χ1v) is 6.17. The standard InChI is InChI=1S/C14H10ClFNO4/c1-19-13(18)8-20-14-12(3-2-6-17-14)21-11-5-4-9(16)7-10(11)15/h2-3,5-7H,8H2,1H3. The molecule has 0 aliphatic heterocycles. The van der Waals surface area contributed by atoms with Crippen LogP contribution < -0.4 is 9.47 Å². The van der Waals surface area contributed by atoms with Crippen LogP contribution in [0.25, 0.3) is 0 Å². The second-order valence-electron chi connectivity index (χ2n) is 3.77. The first-order chi connectivity index (χ1) is 10.1. The van der Waals surface area contributed by atoms with Gasteiger partial charge in [0, 0.05) is 12.3 Å². The van der Waals surface area contributed by atoms with Gasteiger partial charge in [0.25, 0.3) is 5.88 Å². The van der Waals surface area contributed by atoms with Gasteiger partial charge in [-0.2, -0.15) is 0 Å². The monoisotopic (exact) mass is 310 g/mol. The molecule has 1 aromatic heterocycles. The molecule has 0 spiro atoms. The number of pyridine rings is 1. The van der Waals surface area contributed by atoms with Crippen molar-refractivity contribution in [3.8, 4) is 17.4 Å². The van der Waals surface area contributed by atoms with Crippen LogP contribution in [0, 0.1) is 11.9 Å². The van der Waals surface area contributed by atoms with Crippen LogP contribution in [0.1, 0.15) is 0 Å². The first-order valence-electron chi connectivity index (χ1n) is 5.79. The molecule has 0 saturated heterocycles. The normalized spacial score (nSPS) is 10.0. The van der Waals surface area contributed by atoms with Crippen molar-refractivity contribution >= 4 is 17.6 Å². The molecule has 0 N–H and O–H groups in total. The second-order valence-corrected chi connectivity index (χ2v) is 4.17. The highest BCUT2D eigenvalue weighted by atomic mass is 35.5. The molecule has 2 rings (SSSR count). The van der Waals surface area contributed by atoms with E-state index in [0.29, 0.717) is 0 Å². The van der Waals surface area contributed by atoms with E-state index in [-0.39, 0.29) is 29.0 Å². The predicted molar refractivity (Wildman–Crippen MR) is 72.1 cm³/mol. The van der Waals surface area contributed by atoms with E-state index in [1.54, 1.807) is 12.1 Å². The average Bonchev–Trinajstić information content (AvgIpc) is 2.48. The summed E-state index contributed by atoms with van der Waals surface area (Å²) in [4.78, 5) is 15.0. The van der Waals surface area contributed by atoms with Gasteiger partial charge in [0.15, 0.2) is 12.4 Å². The lowest BCUT2D eigenvalue weighted by molar-refractivity contribution is -0.143. The number of benzene rings is 1. The molecule has 1 radical (unpaired) electrons. The third kappa shape index (κ3) is 4.06. The number of nitrogens with zero attached hydrogens (tertiary/aromatic N) is 1. The van der Waals surface area contributed by atoms with E-state index in [1.165, 1.54) is 19.4 Å². The number of rotatable bonds is 5. The number of hydrogen-bond donors (Lipinski definition) is 0. The summed E-state index contributed by atoms with van der Waals surface area (Å²) in [5.41, 5.74) is 0. The van der Waals surface area contributed by atoms with Gasteiger partial charge in [-0.25, -0.2) is 14.2 Å². The summed E-state index contributed by atoms with van der Waals surface area (Å²) in [6.07, 6.45) is 1.47. The molecule has 7 heteroatoms. The lowest BCUT2D eigenvalue weighted by Crippen LogP contribution is -2.13. The summed E-state index contributed by atoms with van der Waals surface area (Å²) in [5.74, 6) is -0.652. The molecule has 0 fully saturated rings. The fraction of sp³-hybridized carbons (Fsp3) is 0.143. The van der Waals surface area contributed by atoms with E-state index in [4.69, 9.17) is 21.1 Å². The largest absolute Gasteiger partial charge is 0.466 e. The van der Waals surface area contributed by atoms with Crippen LogP contribution in [-0.4, -0.2) is 24.7 Å². The van der Waals surface area contributed by atoms with Crippen molar-refractivity contribution in [3.63, 3.8) is 0 Å². The maximum atomic E-state index is 12.9. The Hall–Kier alpha value is -2.34. The highest BCUT2D eigenvalue weighted by Crippen LogP contribution is 2.33. The Bertz CT molecular complexity index is 651. The maximum absolute atomic E-state index is 12.9. The average molecular weight is 311 g/mol. The fourth-order valence-electron chi connectivity index (χ4n) is 1.37. The molecule has 5 nitrogen and oxygen atoms in total. The van der Waals surface area contributed by atoms with E-state index in [9.17, 15) is 9.18 Å². The molecule has 21 heavy (non-hydrogen) atoms. The molecule has 1 heterocycles. The minimum atomic E-state index is -0.597. The number of methoxy groups -OCH3 is 1. The predicted octanol–water partition coefficient (Wildman–Crippen LogP) is 3.02. The minimum Gasteiger partial charge on any atom is -0.466 e. The number of carbonyl (C=O) groups excluding carboxylic acids is 1. The van der Waals surface area contributed by atoms with E-state index in [2.05, 4.69) is 15.8 Å². The smallest absolute Gasteiger partial charge is 0.343 e. The summed E-state index contributed by atoms with van der Waals surface area (Å²) in [6, 6.07) is 7.84. The molecule has 0 aliphatic rings. The van der Waals surface area contributed by atoms with Gasteiger partial charge in [-0.3, -0.25) is 0 Å². The Balaban J connectivity index is 2.18. The van der Waals surface area contributed by atoms with Crippen molar-refractivity contribution in [2.75, 3.05) is 13.7 Å². The molecule has 0 saturated carbocycles. The van der Waals surface area contributed by atoms with Gasteiger partial charge < -0.3 is 14.2 Å². The third-order valence-corrected chi connectivity index (χ3v) is 2.64. The molecule has 0 amide bonds. The van der Waals surface area contributed by atoms with Crippen LogP contribution in [0.15, 0.2) is 30.5 Å². The Morgan fingerprint density at radius 3 is 3.00 bits per heavy atom. The van der Waals surface area contributed by atoms with Crippen LogP contribution in [0.5, 0.6) is 17.4 Å². The van der Waals surface area contributed by atoms with Gasteiger partial charge in [0.1, 0.15) is 11.6 Å². The lowest BCUT2D eigenvalue weighted by Gasteiger charge is -2.11. The van der Waals surface area contributed by atoms with E-state index < -0.39 is 11.8 Å². The second kappa shape index (κ2) is 6.90. The van der Waals surface area contributed by atoms with Gasteiger partial charge >= 0.3 is 5.97 Å². The fourth-order valence-corrected chi connectivity index (χ4v) is 1.56. The summed E-state index contributed by atoms with van der Waals surface area (Å²) in [7, 11) is 1.25. The summed E-state index contributed by atoms with van der Waals surface area (Å²) < 4.78 is 28.1. The quantitative estimate of drug-likeness (QED) is 0.795. The molecule has 0 bridgehead atoms. The summed E-state index contributed by atoms with van der Waals surface area (Å²) >= 11 is 5.86. The minimum absolute atomic E-state index is 0.0778. The van der Waals surface area contributed by atoms with Gasteiger partial charge in [-0.05, 0) is 24.3 Å². The Kier molecular flexibility index (Phi) is 4.94. The zero-order valence-electron chi connectivity index (χ0n) is 10.9. The van der Waals surface area contributed by atoms with Crippen molar-refractivity contribution in [2.45, 2.75) is 0 Å². The maximum Gasteiger partial charge on any atom is 0.343 e. The highest BCUT2D eigenvalue weighted by Gasteiger charge is 2.12. The van der Waals surface area contributed by atoms with E-state index in [1.807, 2.05) is 0 Å². The summed E-state index contributed by atoms with van der Waals surface area (Å²) in [6.45, 7) is -0.312. The highest BCUT2D eigenvalue weighted by molar-refractivity contribution is 6.32. The van der Waals surface area contributed by atoms with Crippen molar-refractivity contribution in [2.24, 2.45) is 0 Å². The van der Waals surface area contributed by atoms with Gasteiger partial charge in [-0.1, -0.05) is 11.6 Å². The number of ether oxygens (including phenoxy) is 3. The Labute approximate surface area is 125 Å². The molecule has 0 aliphatic carbocycles. The van der Waals surface area contributed by atoms with E-state index in [0.717, 1.165) is 6.07 Å². The van der Waals surface area contributed by atoms with Gasteiger partial charge in [-0.15, -0.1) is 0 Å². The third-order valence-electron chi connectivity index (χ3n) is 2.34. The Morgan fingerprint density at radius 2 is 2.29 bits per heavy atom. The molecular weight excluding hydrogens is 301 g/mol. The van der Waals surface area contributed by atoms with E-state index >= 15 is 0 Å². The molecule has 1 aromatic carbocycles. The number of carbonyl (C=O) groups is 1. The Morgan fingerprint density at radius 1 is 1.48 bits per heavy atom.